The van der Waals surface area contributed by atoms with Crippen LogP contribution >= 0.6 is 39.7 Å². The van der Waals surface area contributed by atoms with Gasteiger partial charge < -0.3 is 15.0 Å². The highest BCUT2D eigenvalue weighted by Crippen LogP contribution is 2.29. The molecular formula is C22H16BrClN4O2S. The molecule has 0 unspecified atom stereocenters. The molecule has 0 bridgehead atoms. The van der Waals surface area contributed by atoms with Gasteiger partial charge in [0, 0.05) is 10.0 Å². The number of imidazole rings is 1. The number of para-hydroxylation sites is 2. The number of methoxy groups -OCH3 is 1. The van der Waals surface area contributed by atoms with Crippen molar-refractivity contribution in [3.63, 3.8) is 0 Å². The van der Waals surface area contributed by atoms with Gasteiger partial charge in [-0.15, -0.1) is 0 Å². The van der Waals surface area contributed by atoms with Gasteiger partial charge in [-0.1, -0.05) is 39.7 Å². The Balaban J connectivity index is 1.54. The van der Waals surface area contributed by atoms with Crippen LogP contribution in [-0.2, 0) is 0 Å². The smallest absolute Gasteiger partial charge is 0.261 e. The Kier molecular flexibility index (Phi) is 6.22. The van der Waals surface area contributed by atoms with E-state index >= 15 is 0 Å². The maximum Gasteiger partial charge on any atom is 0.261 e. The van der Waals surface area contributed by atoms with Crippen molar-refractivity contribution in [3.8, 4) is 17.1 Å². The molecule has 156 valence electrons. The molecule has 1 amide bonds. The number of amides is 1. The number of nitrogens with one attached hydrogen (secondary N) is 3. The van der Waals surface area contributed by atoms with Crippen molar-refractivity contribution >= 4 is 67.5 Å². The Morgan fingerprint density at radius 2 is 1.97 bits per heavy atom. The average molecular weight is 516 g/mol. The third-order valence-electron chi connectivity index (χ3n) is 4.51. The van der Waals surface area contributed by atoms with Gasteiger partial charge in [-0.3, -0.25) is 10.1 Å². The number of carbonyl (C=O) groups is 1. The molecule has 6 nitrogen and oxygen atoms in total. The largest absolute Gasteiger partial charge is 0.496 e. The van der Waals surface area contributed by atoms with Crippen molar-refractivity contribution in [2.75, 3.05) is 12.4 Å². The summed E-state index contributed by atoms with van der Waals surface area (Å²) in [5.74, 6) is 0.739. The first-order valence-corrected chi connectivity index (χ1v) is 10.7. The molecule has 0 saturated heterocycles. The fraction of sp³-hybridized carbons (Fsp3) is 0.0455. The van der Waals surface area contributed by atoms with Crippen LogP contribution in [0.3, 0.4) is 0 Å². The van der Waals surface area contributed by atoms with E-state index in [0.717, 1.165) is 21.1 Å². The number of carbonyl (C=O) groups excluding carboxylic acids is 1. The van der Waals surface area contributed by atoms with Crippen LogP contribution in [-0.4, -0.2) is 28.1 Å². The molecular weight excluding hydrogens is 500 g/mol. The standard InChI is InChI=1S/C22H16BrClN4O2S/c1-30-19-9-7-13(23)11-14(19)21(29)28-22(31)27-18-10-12(6-8-15(18)24)20-25-16-4-2-3-5-17(16)26-20/h2-11H,1H3,(H,25,26)(H2,27,28,29,31). The number of hydrogen-bond donors (Lipinski definition) is 3. The SMILES string of the molecule is COc1ccc(Br)cc1C(=O)NC(=S)Nc1cc(-c2nc3ccccc3[nH]2)ccc1Cl. The van der Waals surface area contributed by atoms with E-state index in [1.807, 2.05) is 36.4 Å². The van der Waals surface area contributed by atoms with Crippen molar-refractivity contribution in [2.45, 2.75) is 0 Å². The molecule has 0 radical (unpaired) electrons. The summed E-state index contributed by atoms with van der Waals surface area (Å²) in [6.07, 6.45) is 0. The second kappa shape index (κ2) is 9.05. The van der Waals surface area contributed by atoms with Crippen LogP contribution in [0.2, 0.25) is 5.02 Å². The molecule has 3 aromatic carbocycles. The van der Waals surface area contributed by atoms with Gasteiger partial charge in [-0.05, 0) is 60.7 Å². The second-order valence-electron chi connectivity index (χ2n) is 6.55. The van der Waals surface area contributed by atoms with Crippen molar-refractivity contribution in [1.29, 1.82) is 0 Å². The maximum atomic E-state index is 12.7. The fourth-order valence-electron chi connectivity index (χ4n) is 3.04. The summed E-state index contributed by atoms with van der Waals surface area (Å²) in [7, 11) is 1.50. The Bertz CT molecular complexity index is 1270. The van der Waals surface area contributed by atoms with Gasteiger partial charge in [-0.2, -0.15) is 0 Å². The van der Waals surface area contributed by atoms with Crippen LogP contribution < -0.4 is 15.4 Å². The highest BCUT2D eigenvalue weighted by molar-refractivity contribution is 9.10. The van der Waals surface area contributed by atoms with E-state index in [4.69, 9.17) is 28.6 Å². The summed E-state index contributed by atoms with van der Waals surface area (Å²) in [6.45, 7) is 0. The molecule has 1 aromatic heterocycles. The van der Waals surface area contributed by atoms with Gasteiger partial charge in [0.25, 0.3) is 5.91 Å². The molecule has 0 atom stereocenters. The fourth-order valence-corrected chi connectivity index (χ4v) is 3.77. The molecule has 0 spiro atoms. The van der Waals surface area contributed by atoms with Crippen molar-refractivity contribution in [1.82, 2.24) is 15.3 Å². The number of benzene rings is 3. The zero-order chi connectivity index (χ0) is 22.0. The monoisotopic (exact) mass is 514 g/mol. The molecule has 0 aliphatic rings. The first-order chi connectivity index (χ1) is 14.9. The summed E-state index contributed by atoms with van der Waals surface area (Å²) in [5, 5.41) is 6.20. The number of halogens is 2. The lowest BCUT2D eigenvalue weighted by Gasteiger charge is -2.13. The zero-order valence-electron chi connectivity index (χ0n) is 16.2. The Hall–Kier alpha value is -2.94. The molecule has 4 aromatic rings. The highest BCUT2D eigenvalue weighted by Gasteiger charge is 2.15. The lowest BCUT2D eigenvalue weighted by molar-refractivity contribution is 0.0974. The summed E-state index contributed by atoms with van der Waals surface area (Å²) in [4.78, 5) is 20.5. The van der Waals surface area contributed by atoms with Crippen LogP contribution in [0, 0.1) is 0 Å². The van der Waals surface area contributed by atoms with Gasteiger partial charge in [0.2, 0.25) is 0 Å². The third-order valence-corrected chi connectivity index (χ3v) is 5.54. The minimum Gasteiger partial charge on any atom is -0.496 e. The van der Waals surface area contributed by atoms with Crippen molar-refractivity contribution in [3.05, 3.63) is 75.7 Å². The number of nitrogens with zero attached hydrogens (tertiary/aromatic N) is 1. The van der Waals surface area contributed by atoms with Crippen molar-refractivity contribution < 1.29 is 9.53 Å². The number of rotatable bonds is 4. The van der Waals surface area contributed by atoms with Crippen LogP contribution in [0.25, 0.3) is 22.4 Å². The molecule has 0 aliphatic heterocycles. The Morgan fingerprint density at radius 1 is 1.16 bits per heavy atom. The van der Waals surface area contributed by atoms with Gasteiger partial charge in [0.1, 0.15) is 11.6 Å². The van der Waals surface area contributed by atoms with Crippen LogP contribution in [0.15, 0.2) is 65.1 Å². The minimum atomic E-state index is -0.403. The van der Waals surface area contributed by atoms with E-state index in [9.17, 15) is 4.79 Å². The zero-order valence-corrected chi connectivity index (χ0v) is 19.4. The molecule has 4 rings (SSSR count). The van der Waals surface area contributed by atoms with Crippen LogP contribution in [0.1, 0.15) is 10.4 Å². The average Bonchev–Trinajstić information content (AvgIpc) is 3.19. The molecule has 31 heavy (non-hydrogen) atoms. The Morgan fingerprint density at radius 3 is 2.74 bits per heavy atom. The van der Waals surface area contributed by atoms with Gasteiger partial charge >= 0.3 is 0 Å². The number of H-pyrrole nitrogens is 1. The number of hydrogen-bond acceptors (Lipinski definition) is 4. The second-order valence-corrected chi connectivity index (χ2v) is 8.28. The van der Waals surface area contributed by atoms with E-state index in [1.54, 1.807) is 24.3 Å². The van der Waals surface area contributed by atoms with Gasteiger partial charge in [0.15, 0.2) is 5.11 Å². The summed E-state index contributed by atoms with van der Waals surface area (Å²) >= 11 is 15.0. The van der Waals surface area contributed by atoms with E-state index in [0.29, 0.717) is 27.8 Å². The predicted octanol–water partition coefficient (Wildman–Crippen LogP) is 5.78. The third kappa shape index (κ3) is 4.71. The molecule has 0 fully saturated rings. The summed E-state index contributed by atoms with van der Waals surface area (Å²) in [5.41, 5.74) is 3.53. The normalized spacial score (nSPS) is 10.7. The van der Waals surface area contributed by atoms with Crippen LogP contribution in [0.5, 0.6) is 5.75 Å². The lowest BCUT2D eigenvalue weighted by atomic mass is 10.2. The topological polar surface area (TPSA) is 79.0 Å². The van der Waals surface area contributed by atoms with E-state index in [-0.39, 0.29) is 5.11 Å². The number of aromatic amines is 1. The highest BCUT2D eigenvalue weighted by atomic mass is 79.9. The van der Waals surface area contributed by atoms with Crippen molar-refractivity contribution in [2.24, 2.45) is 0 Å². The quantitative estimate of drug-likeness (QED) is 0.300. The molecule has 0 aliphatic carbocycles. The number of fused-ring (bicyclic) bond motifs is 1. The number of aromatic nitrogens is 2. The Labute approximate surface area is 197 Å². The summed E-state index contributed by atoms with van der Waals surface area (Å²) < 4.78 is 6.00. The molecule has 0 saturated carbocycles. The number of ether oxygens (including phenoxy) is 1. The van der Waals surface area contributed by atoms with Gasteiger partial charge in [-0.25, -0.2) is 4.98 Å². The summed E-state index contributed by atoms with van der Waals surface area (Å²) in [6, 6.07) is 18.3. The molecule has 1 heterocycles. The molecule has 3 N–H and O–H groups in total. The van der Waals surface area contributed by atoms with Gasteiger partial charge in [0.05, 0.1) is 34.4 Å². The maximum absolute atomic E-state index is 12.7. The number of anilines is 1. The first kappa shape index (κ1) is 21.3. The van der Waals surface area contributed by atoms with E-state index in [2.05, 4.69) is 36.5 Å². The lowest BCUT2D eigenvalue weighted by Crippen LogP contribution is -2.34. The first-order valence-electron chi connectivity index (χ1n) is 9.15. The van der Waals surface area contributed by atoms with E-state index < -0.39 is 5.91 Å². The molecule has 9 heteroatoms. The van der Waals surface area contributed by atoms with E-state index in [1.165, 1.54) is 7.11 Å². The van der Waals surface area contributed by atoms with Crippen LogP contribution in [0.4, 0.5) is 5.69 Å². The minimum absolute atomic E-state index is 0.107. The predicted molar refractivity (Wildman–Crippen MR) is 131 cm³/mol. The number of thiocarbonyl (C=S) groups is 1.